The Morgan fingerprint density at radius 1 is 1.67 bits per heavy atom. The second-order valence-electron chi connectivity index (χ2n) is 2.52. The van der Waals surface area contributed by atoms with Gasteiger partial charge >= 0.3 is 5.97 Å². The molecule has 1 atom stereocenters. The Kier molecular flexibility index (Phi) is 0.896. The molecule has 52 valence electrons. The summed E-state index contributed by atoms with van der Waals surface area (Å²) in [6.45, 7) is 1.05. The molecule has 1 fully saturated rings. The van der Waals surface area contributed by atoms with Gasteiger partial charge in [0, 0.05) is 6.42 Å². The first-order valence-corrected chi connectivity index (χ1v) is 2.51. The lowest BCUT2D eigenvalue weighted by atomic mass is 10.1. The van der Waals surface area contributed by atoms with E-state index in [0.717, 1.165) is 6.92 Å². The van der Waals surface area contributed by atoms with Gasteiger partial charge < -0.3 is 5.11 Å². The first-order chi connectivity index (χ1) is 3.90. The maximum absolute atomic E-state index is 12.1. The minimum Gasteiger partial charge on any atom is -0.481 e. The molecule has 0 radical (unpaired) electrons. The summed E-state index contributed by atoms with van der Waals surface area (Å²) in [5.74, 6) is -4.38. The Morgan fingerprint density at radius 3 is 2.00 bits per heavy atom. The number of aliphatic carboxylic acids is 1. The maximum atomic E-state index is 12.1. The summed E-state index contributed by atoms with van der Waals surface area (Å²) in [6.07, 6.45) is -0.519. The second kappa shape index (κ2) is 1.25. The molecule has 9 heavy (non-hydrogen) atoms. The third-order valence-electron chi connectivity index (χ3n) is 1.73. The monoisotopic (exact) mass is 136 g/mol. The van der Waals surface area contributed by atoms with Crippen molar-refractivity contribution in [1.29, 1.82) is 0 Å². The van der Waals surface area contributed by atoms with E-state index >= 15 is 0 Å². The van der Waals surface area contributed by atoms with Crippen LogP contribution in [0.3, 0.4) is 0 Å². The number of carbonyl (C=O) groups is 1. The van der Waals surface area contributed by atoms with Gasteiger partial charge in [0.2, 0.25) is 0 Å². The standard InChI is InChI=1S/C5H6F2O2/c1-4(3(8)9)2-5(4,6)7/h2H2,1H3,(H,8,9). The van der Waals surface area contributed by atoms with Crippen LogP contribution in [0.15, 0.2) is 0 Å². The van der Waals surface area contributed by atoms with Crippen LogP contribution in [0.25, 0.3) is 0 Å². The lowest BCUT2D eigenvalue weighted by Crippen LogP contribution is -2.17. The van der Waals surface area contributed by atoms with Crippen LogP contribution >= 0.6 is 0 Å². The fourth-order valence-electron chi connectivity index (χ4n) is 0.632. The third-order valence-corrected chi connectivity index (χ3v) is 1.73. The van der Waals surface area contributed by atoms with Crippen LogP contribution < -0.4 is 0 Å². The molecule has 1 aliphatic carbocycles. The summed E-state index contributed by atoms with van der Waals surface area (Å²) in [5, 5.41) is 8.17. The highest BCUT2D eigenvalue weighted by molar-refractivity contribution is 5.79. The van der Waals surface area contributed by atoms with Crippen LogP contribution in [0.4, 0.5) is 8.78 Å². The smallest absolute Gasteiger partial charge is 0.315 e. The van der Waals surface area contributed by atoms with Crippen LogP contribution in [0.5, 0.6) is 0 Å². The number of hydrogen-bond acceptors (Lipinski definition) is 1. The van der Waals surface area contributed by atoms with Crippen molar-refractivity contribution in [3.05, 3.63) is 0 Å². The van der Waals surface area contributed by atoms with Gasteiger partial charge in [0.15, 0.2) is 0 Å². The SMILES string of the molecule is CC1(C(=O)O)CC1(F)F. The molecule has 0 aromatic carbocycles. The minimum atomic E-state index is -2.97. The van der Waals surface area contributed by atoms with Gasteiger partial charge in [-0.1, -0.05) is 0 Å². The van der Waals surface area contributed by atoms with Crippen LogP contribution in [0.2, 0.25) is 0 Å². The quantitative estimate of drug-likeness (QED) is 0.586. The average Bonchev–Trinajstić information content (AvgIpc) is 2.08. The van der Waals surface area contributed by atoms with Crippen molar-refractivity contribution in [2.24, 2.45) is 5.41 Å². The largest absolute Gasteiger partial charge is 0.481 e. The van der Waals surface area contributed by atoms with Crippen molar-refractivity contribution in [3.8, 4) is 0 Å². The number of halogens is 2. The predicted octanol–water partition coefficient (Wildman–Crippen LogP) is 1.12. The molecule has 0 amide bonds. The summed E-state index contributed by atoms with van der Waals surface area (Å²) in [7, 11) is 0. The third kappa shape index (κ3) is 0.620. The topological polar surface area (TPSA) is 37.3 Å². The van der Waals surface area contributed by atoms with Crippen molar-refractivity contribution >= 4 is 5.97 Å². The molecular weight excluding hydrogens is 130 g/mol. The molecule has 4 heteroatoms. The lowest BCUT2D eigenvalue weighted by molar-refractivity contribution is -0.146. The molecule has 0 aromatic rings. The Morgan fingerprint density at radius 2 is 2.00 bits per heavy atom. The summed E-state index contributed by atoms with van der Waals surface area (Å²) >= 11 is 0. The van der Waals surface area contributed by atoms with Gasteiger partial charge in [-0.05, 0) is 6.92 Å². The summed E-state index contributed by atoms with van der Waals surface area (Å²) in [4.78, 5) is 10.0. The van der Waals surface area contributed by atoms with Gasteiger partial charge in [0.25, 0.3) is 5.92 Å². The van der Waals surface area contributed by atoms with E-state index in [4.69, 9.17) is 5.11 Å². The number of alkyl halides is 2. The van der Waals surface area contributed by atoms with E-state index in [9.17, 15) is 13.6 Å². The molecule has 1 N–H and O–H groups in total. The molecule has 1 unspecified atom stereocenters. The van der Waals surface area contributed by atoms with Crippen LogP contribution in [0, 0.1) is 5.41 Å². The van der Waals surface area contributed by atoms with E-state index < -0.39 is 23.7 Å². The van der Waals surface area contributed by atoms with Crippen molar-refractivity contribution in [3.63, 3.8) is 0 Å². The van der Waals surface area contributed by atoms with Crippen LogP contribution in [-0.2, 0) is 4.79 Å². The Hall–Kier alpha value is -0.670. The molecule has 1 rings (SSSR count). The average molecular weight is 136 g/mol. The predicted molar refractivity (Wildman–Crippen MR) is 25.3 cm³/mol. The Labute approximate surface area is 50.5 Å². The van der Waals surface area contributed by atoms with Crippen LogP contribution in [0.1, 0.15) is 13.3 Å². The summed E-state index contributed by atoms with van der Waals surface area (Å²) < 4.78 is 24.1. The fourth-order valence-corrected chi connectivity index (χ4v) is 0.632. The zero-order chi connectivity index (χ0) is 7.28. The fraction of sp³-hybridized carbons (Fsp3) is 0.800. The van der Waals surface area contributed by atoms with E-state index in [0.29, 0.717) is 0 Å². The lowest BCUT2D eigenvalue weighted by Gasteiger charge is -2.00. The molecule has 0 spiro atoms. The summed E-state index contributed by atoms with van der Waals surface area (Å²) in [5.41, 5.74) is -1.77. The van der Waals surface area contributed by atoms with Crippen molar-refractivity contribution in [2.75, 3.05) is 0 Å². The first kappa shape index (κ1) is 6.45. The van der Waals surface area contributed by atoms with Gasteiger partial charge in [-0.25, -0.2) is 8.78 Å². The number of hydrogen-bond donors (Lipinski definition) is 1. The molecule has 0 saturated heterocycles. The zero-order valence-corrected chi connectivity index (χ0v) is 4.82. The highest BCUT2D eigenvalue weighted by Crippen LogP contribution is 2.60. The van der Waals surface area contributed by atoms with E-state index in [1.807, 2.05) is 0 Å². The van der Waals surface area contributed by atoms with E-state index in [1.165, 1.54) is 0 Å². The van der Waals surface area contributed by atoms with Gasteiger partial charge in [0.05, 0.1) is 0 Å². The minimum absolute atomic E-state index is 0.519. The van der Waals surface area contributed by atoms with Gasteiger partial charge in [-0.15, -0.1) is 0 Å². The molecule has 1 aliphatic rings. The summed E-state index contributed by atoms with van der Waals surface area (Å²) in [6, 6.07) is 0. The Balaban J connectivity index is 2.74. The Bertz CT molecular complexity index is 166. The first-order valence-electron chi connectivity index (χ1n) is 2.51. The molecule has 0 heterocycles. The zero-order valence-electron chi connectivity index (χ0n) is 4.82. The van der Waals surface area contributed by atoms with Crippen molar-refractivity contribution < 1.29 is 18.7 Å². The molecule has 0 bridgehead atoms. The van der Waals surface area contributed by atoms with Crippen molar-refractivity contribution in [1.82, 2.24) is 0 Å². The molecular formula is C5H6F2O2. The van der Waals surface area contributed by atoms with Crippen LogP contribution in [-0.4, -0.2) is 17.0 Å². The number of rotatable bonds is 1. The van der Waals surface area contributed by atoms with Gasteiger partial charge in [-0.3, -0.25) is 4.79 Å². The highest BCUT2D eigenvalue weighted by atomic mass is 19.3. The van der Waals surface area contributed by atoms with Crippen molar-refractivity contribution in [2.45, 2.75) is 19.3 Å². The number of carboxylic acids is 1. The highest BCUT2D eigenvalue weighted by Gasteiger charge is 2.73. The van der Waals surface area contributed by atoms with Gasteiger partial charge in [-0.2, -0.15) is 0 Å². The number of carboxylic acid groups (broad SMARTS) is 1. The van der Waals surface area contributed by atoms with Gasteiger partial charge in [0.1, 0.15) is 5.41 Å². The molecule has 0 aliphatic heterocycles. The maximum Gasteiger partial charge on any atom is 0.315 e. The molecule has 1 saturated carbocycles. The molecule has 0 aromatic heterocycles. The normalized spacial score (nSPS) is 38.1. The second-order valence-corrected chi connectivity index (χ2v) is 2.52. The van der Waals surface area contributed by atoms with E-state index in [1.54, 1.807) is 0 Å². The van der Waals surface area contributed by atoms with E-state index in [-0.39, 0.29) is 0 Å². The molecule has 2 nitrogen and oxygen atoms in total. The van der Waals surface area contributed by atoms with E-state index in [2.05, 4.69) is 0 Å².